The standard InChI is InChI=1S/C21H24N8O5/c1-32-18-13(4-3-5-15(18)24-14-6-7-23-26-17(14)19(22)30)20-25-16(34-27-20)12-28-8-10-29(11-9-28)21(31)33-2/h3-7H,8-12H2,1-2H3,(H2,22,30)(H,23,24). The summed E-state index contributed by atoms with van der Waals surface area (Å²) in [5.74, 6) is 0.540. The number of nitrogens with zero attached hydrogens (tertiary/aromatic N) is 6. The summed E-state index contributed by atoms with van der Waals surface area (Å²) in [5, 5.41) is 14.7. The third kappa shape index (κ3) is 4.88. The Morgan fingerprint density at radius 3 is 2.65 bits per heavy atom. The van der Waals surface area contributed by atoms with Crippen molar-refractivity contribution in [2.45, 2.75) is 6.54 Å². The Bertz CT molecular complexity index is 1180. The monoisotopic (exact) mass is 468 g/mol. The number of nitrogens with two attached hydrogens (primary N) is 1. The quantitative estimate of drug-likeness (QED) is 0.513. The van der Waals surface area contributed by atoms with Crippen molar-refractivity contribution < 1.29 is 23.6 Å². The molecule has 1 aliphatic rings. The number of carbonyl (C=O) groups excluding carboxylic acids is 2. The van der Waals surface area contributed by atoms with Crippen LogP contribution in [-0.4, -0.2) is 82.5 Å². The zero-order valence-electron chi connectivity index (χ0n) is 18.7. The summed E-state index contributed by atoms with van der Waals surface area (Å²) in [6, 6.07) is 6.95. The second-order valence-corrected chi connectivity index (χ2v) is 7.41. The van der Waals surface area contributed by atoms with Crippen LogP contribution in [0.5, 0.6) is 5.75 Å². The van der Waals surface area contributed by atoms with Crippen molar-refractivity contribution in [3.63, 3.8) is 0 Å². The molecule has 0 bridgehead atoms. The number of rotatable bonds is 7. The van der Waals surface area contributed by atoms with Crippen LogP contribution >= 0.6 is 0 Å². The Morgan fingerprint density at radius 1 is 1.15 bits per heavy atom. The molecule has 0 unspecified atom stereocenters. The van der Waals surface area contributed by atoms with Gasteiger partial charge in [-0.15, -0.1) is 5.10 Å². The van der Waals surface area contributed by atoms with Crippen LogP contribution in [-0.2, 0) is 11.3 Å². The van der Waals surface area contributed by atoms with Crippen LogP contribution < -0.4 is 15.8 Å². The first-order valence-electron chi connectivity index (χ1n) is 10.4. The largest absolute Gasteiger partial charge is 0.494 e. The predicted molar refractivity (Wildman–Crippen MR) is 119 cm³/mol. The number of piperazine rings is 1. The minimum absolute atomic E-state index is 0.00380. The van der Waals surface area contributed by atoms with E-state index in [1.54, 1.807) is 29.2 Å². The number of amides is 2. The van der Waals surface area contributed by atoms with Gasteiger partial charge in [0.25, 0.3) is 5.91 Å². The molecule has 1 aliphatic heterocycles. The smallest absolute Gasteiger partial charge is 0.409 e. The average molecular weight is 468 g/mol. The fourth-order valence-corrected chi connectivity index (χ4v) is 3.63. The van der Waals surface area contributed by atoms with E-state index in [-0.39, 0.29) is 11.8 Å². The van der Waals surface area contributed by atoms with E-state index in [4.69, 9.17) is 19.7 Å². The van der Waals surface area contributed by atoms with Gasteiger partial charge in [-0.25, -0.2) is 4.79 Å². The Balaban J connectivity index is 1.51. The molecule has 0 aliphatic carbocycles. The van der Waals surface area contributed by atoms with E-state index >= 15 is 0 Å². The zero-order chi connectivity index (χ0) is 24.1. The first kappa shape index (κ1) is 22.9. The molecule has 178 valence electrons. The molecule has 1 saturated heterocycles. The fraction of sp³-hybridized carbons (Fsp3) is 0.333. The van der Waals surface area contributed by atoms with Crippen LogP contribution in [0.4, 0.5) is 16.2 Å². The van der Waals surface area contributed by atoms with Gasteiger partial charge in [-0.1, -0.05) is 11.2 Å². The molecule has 2 amide bonds. The lowest BCUT2D eigenvalue weighted by Gasteiger charge is -2.32. The highest BCUT2D eigenvalue weighted by Gasteiger charge is 2.24. The third-order valence-electron chi connectivity index (χ3n) is 5.32. The normalized spacial score (nSPS) is 14.0. The van der Waals surface area contributed by atoms with E-state index in [9.17, 15) is 9.59 Å². The second kappa shape index (κ2) is 10.1. The zero-order valence-corrected chi connectivity index (χ0v) is 18.7. The number of primary amides is 1. The van der Waals surface area contributed by atoms with Crippen LogP contribution in [0.3, 0.4) is 0 Å². The number of carbonyl (C=O) groups is 2. The maximum absolute atomic E-state index is 11.7. The summed E-state index contributed by atoms with van der Waals surface area (Å²) < 4.78 is 15.8. The lowest BCUT2D eigenvalue weighted by Crippen LogP contribution is -2.48. The first-order chi connectivity index (χ1) is 16.5. The molecular weight excluding hydrogens is 444 g/mol. The minimum Gasteiger partial charge on any atom is -0.494 e. The van der Waals surface area contributed by atoms with Crippen molar-refractivity contribution in [1.82, 2.24) is 30.1 Å². The Morgan fingerprint density at radius 2 is 1.94 bits per heavy atom. The van der Waals surface area contributed by atoms with Gasteiger partial charge < -0.3 is 29.9 Å². The number of methoxy groups -OCH3 is 2. The number of benzene rings is 1. The highest BCUT2D eigenvalue weighted by molar-refractivity contribution is 5.97. The molecule has 0 atom stereocenters. The Labute approximate surface area is 194 Å². The Kier molecular flexibility index (Phi) is 6.82. The highest BCUT2D eigenvalue weighted by atomic mass is 16.5. The molecule has 4 rings (SSSR count). The van der Waals surface area contributed by atoms with E-state index in [1.807, 2.05) is 0 Å². The maximum atomic E-state index is 11.7. The van der Waals surface area contributed by atoms with Gasteiger partial charge >= 0.3 is 6.09 Å². The van der Waals surface area contributed by atoms with Crippen LogP contribution in [0.15, 0.2) is 35.0 Å². The van der Waals surface area contributed by atoms with E-state index in [2.05, 4.69) is 30.6 Å². The molecule has 13 nitrogen and oxygen atoms in total. The molecule has 3 N–H and O–H groups in total. The van der Waals surface area contributed by atoms with Gasteiger partial charge in [0, 0.05) is 26.2 Å². The SMILES string of the molecule is COC(=O)N1CCN(Cc2nc(-c3cccc(Nc4ccnnc4C(N)=O)c3OC)no2)CC1. The molecule has 1 aromatic carbocycles. The molecule has 0 spiro atoms. The molecule has 1 fully saturated rings. The number of ether oxygens (including phenoxy) is 2. The van der Waals surface area contributed by atoms with Gasteiger partial charge in [0.05, 0.1) is 43.9 Å². The number of anilines is 2. The summed E-state index contributed by atoms with van der Waals surface area (Å²) in [7, 11) is 2.89. The van der Waals surface area contributed by atoms with Gasteiger partial charge in [-0.2, -0.15) is 10.1 Å². The van der Waals surface area contributed by atoms with Gasteiger partial charge in [0.15, 0.2) is 11.4 Å². The van der Waals surface area contributed by atoms with Crippen LogP contribution in [0.2, 0.25) is 0 Å². The average Bonchev–Trinajstić information content (AvgIpc) is 3.32. The van der Waals surface area contributed by atoms with Crippen LogP contribution in [0, 0.1) is 0 Å². The molecule has 0 radical (unpaired) electrons. The number of hydrogen-bond donors (Lipinski definition) is 2. The summed E-state index contributed by atoms with van der Waals surface area (Å²) >= 11 is 0. The topological polar surface area (TPSA) is 162 Å². The lowest BCUT2D eigenvalue weighted by molar-refractivity contribution is 0.0851. The van der Waals surface area contributed by atoms with E-state index in [0.717, 1.165) is 0 Å². The van der Waals surface area contributed by atoms with Crippen molar-refractivity contribution >= 4 is 23.4 Å². The third-order valence-corrected chi connectivity index (χ3v) is 5.32. The van der Waals surface area contributed by atoms with Crippen molar-refractivity contribution in [3.8, 4) is 17.1 Å². The lowest BCUT2D eigenvalue weighted by atomic mass is 10.1. The molecule has 34 heavy (non-hydrogen) atoms. The second-order valence-electron chi connectivity index (χ2n) is 7.41. The van der Waals surface area contributed by atoms with Crippen molar-refractivity contribution in [2.75, 3.05) is 45.7 Å². The summed E-state index contributed by atoms with van der Waals surface area (Å²) in [4.78, 5) is 31.6. The van der Waals surface area contributed by atoms with Crippen molar-refractivity contribution in [3.05, 3.63) is 42.0 Å². The molecule has 3 heterocycles. The van der Waals surface area contributed by atoms with Gasteiger partial charge in [-0.3, -0.25) is 9.69 Å². The molecule has 13 heteroatoms. The van der Waals surface area contributed by atoms with Crippen LogP contribution in [0.1, 0.15) is 16.4 Å². The fourth-order valence-electron chi connectivity index (χ4n) is 3.63. The number of para-hydroxylation sites is 1. The first-order valence-corrected chi connectivity index (χ1v) is 10.4. The minimum atomic E-state index is -0.707. The van der Waals surface area contributed by atoms with Crippen molar-refractivity contribution in [1.29, 1.82) is 0 Å². The van der Waals surface area contributed by atoms with Crippen LogP contribution in [0.25, 0.3) is 11.4 Å². The van der Waals surface area contributed by atoms with E-state index < -0.39 is 5.91 Å². The summed E-state index contributed by atoms with van der Waals surface area (Å²) in [5.41, 5.74) is 6.94. The number of nitrogens with one attached hydrogen (secondary N) is 1. The van der Waals surface area contributed by atoms with Gasteiger partial charge in [0.2, 0.25) is 11.7 Å². The van der Waals surface area contributed by atoms with Gasteiger partial charge in [-0.05, 0) is 18.2 Å². The maximum Gasteiger partial charge on any atom is 0.409 e. The van der Waals surface area contributed by atoms with Crippen molar-refractivity contribution in [2.24, 2.45) is 5.73 Å². The molecular formula is C21H24N8O5. The van der Waals surface area contributed by atoms with Gasteiger partial charge in [0.1, 0.15) is 0 Å². The molecule has 3 aromatic rings. The van der Waals surface area contributed by atoms with E-state index in [0.29, 0.717) is 67.1 Å². The molecule has 0 saturated carbocycles. The number of hydrogen-bond acceptors (Lipinski definition) is 11. The highest BCUT2D eigenvalue weighted by Crippen LogP contribution is 2.37. The number of aromatic nitrogens is 4. The summed E-state index contributed by atoms with van der Waals surface area (Å²) in [6.07, 6.45) is 1.12. The Hall–Kier alpha value is -4.26. The van der Waals surface area contributed by atoms with E-state index in [1.165, 1.54) is 20.4 Å². The summed E-state index contributed by atoms with van der Waals surface area (Å²) in [6.45, 7) is 2.90. The molecule has 2 aromatic heterocycles. The predicted octanol–water partition coefficient (Wildman–Crippen LogP) is 1.26.